The van der Waals surface area contributed by atoms with Crippen LogP contribution in [0.1, 0.15) is 41.7 Å². The van der Waals surface area contributed by atoms with Crippen molar-refractivity contribution in [2.24, 2.45) is 0 Å². The number of nitrogens with zero attached hydrogens (tertiary/aromatic N) is 1. The Kier molecular flexibility index (Phi) is 6.75. The molecule has 5 nitrogen and oxygen atoms in total. The van der Waals surface area contributed by atoms with Crippen molar-refractivity contribution in [3.63, 3.8) is 0 Å². The topological polar surface area (TPSA) is 71.1 Å². The van der Waals surface area contributed by atoms with E-state index in [1.54, 1.807) is 36.7 Å². The van der Waals surface area contributed by atoms with Crippen molar-refractivity contribution >= 4 is 23.4 Å². The first-order valence-electron chi connectivity index (χ1n) is 7.79. The summed E-state index contributed by atoms with van der Waals surface area (Å²) >= 11 is 5.78. The van der Waals surface area contributed by atoms with Crippen LogP contribution in [0, 0.1) is 0 Å². The van der Waals surface area contributed by atoms with Crippen LogP contribution in [0.25, 0.3) is 0 Å². The lowest BCUT2D eigenvalue weighted by Gasteiger charge is -2.14. The molecule has 1 aromatic carbocycles. The van der Waals surface area contributed by atoms with Gasteiger partial charge in [0.25, 0.3) is 5.91 Å². The number of nitrogens with one attached hydrogen (secondary N) is 2. The van der Waals surface area contributed by atoms with E-state index in [1.807, 2.05) is 19.1 Å². The zero-order valence-electron chi connectivity index (χ0n) is 13.5. The Morgan fingerprint density at radius 2 is 1.79 bits per heavy atom. The first-order valence-corrected chi connectivity index (χ1v) is 8.17. The van der Waals surface area contributed by atoms with E-state index in [2.05, 4.69) is 15.6 Å². The van der Waals surface area contributed by atoms with Gasteiger partial charge < -0.3 is 10.6 Å². The van der Waals surface area contributed by atoms with Gasteiger partial charge in [-0.05, 0) is 55.3 Å². The molecule has 0 spiro atoms. The molecule has 0 aliphatic carbocycles. The Morgan fingerprint density at radius 3 is 2.46 bits per heavy atom. The molecule has 1 heterocycles. The molecule has 6 heteroatoms. The molecule has 0 bridgehead atoms. The fourth-order valence-electron chi connectivity index (χ4n) is 2.20. The van der Waals surface area contributed by atoms with Crippen LogP contribution in [0.4, 0.5) is 0 Å². The van der Waals surface area contributed by atoms with Gasteiger partial charge in [0.15, 0.2) is 0 Å². The van der Waals surface area contributed by atoms with Gasteiger partial charge in [-0.2, -0.15) is 0 Å². The maximum atomic E-state index is 11.9. The van der Waals surface area contributed by atoms with Gasteiger partial charge in [-0.1, -0.05) is 11.6 Å². The third-order valence-electron chi connectivity index (χ3n) is 3.56. The summed E-state index contributed by atoms with van der Waals surface area (Å²) in [6.45, 7) is 2.37. The highest BCUT2D eigenvalue weighted by molar-refractivity contribution is 6.30. The van der Waals surface area contributed by atoms with Gasteiger partial charge in [0.05, 0.1) is 6.04 Å². The number of aromatic nitrogens is 1. The molecular weight excluding hydrogens is 326 g/mol. The summed E-state index contributed by atoms with van der Waals surface area (Å²) in [7, 11) is 0. The van der Waals surface area contributed by atoms with E-state index >= 15 is 0 Å². The zero-order chi connectivity index (χ0) is 17.4. The lowest BCUT2D eigenvalue weighted by atomic mass is 10.1. The van der Waals surface area contributed by atoms with Crippen molar-refractivity contribution in [3.8, 4) is 0 Å². The summed E-state index contributed by atoms with van der Waals surface area (Å²) in [5.74, 6) is -0.211. The normalized spacial score (nSPS) is 11.6. The Morgan fingerprint density at radius 1 is 1.12 bits per heavy atom. The summed E-state index contributed by atoms with van der Waals surface area (Å²) in [6.07, 6.45) is 4.33. The minimum atomic E-state index is -0.169. The summed E-state index contributed by atoms with van der Waals surface area (Å²) < 4.78 is 0. The molecule has 24 heavy (non-hydrogen) atoms. The zero-order valence-corrected chi connectivity index (χ0v) is 14.2. The Bertz CT molecular complexity index is 674. The average molecular weight is 346 g/mol. The molecule has 1 aromatic heterocycles. The van der Waals surface area contributed by atoms with Gasteiger partial charge >= 0.3 is 0 Å². The highest BCUT2D eigenvalue weighted by Gasteiger charge is 2.09. The number of carbonyl (C=O) groups excluding carboxylic acids is 2. The Labute approximate surface area is 146 Å². The summed E-state index contributed by atoms with van der Waals surface area (Å²) in [4.78, 5) is 27.8. The minimum Gasteiger partial charge on any atom is -0.352 e. The fourth-order valence-corrected chi connectivity index (χ4v) is 2.33. The van der Waals surface area contributed by atoms with Gasteiger partial charge in [-0.15, -0.1) is 0 Å². The molecule has 0 saturated heterocycles. The molecule has 0 saturated carbocycles. The van der Waals surface area contributed by atoms with Crippen LogP contribution < -0.4 is 10.6 Å². The smallest absolute Gasteiger partial charge is 0.251 e. The number of hydrogen-bond donors (Lipinski definition) is 2. The van der Waals surface area contributed by atoms with Crippen molar-refractivity contribution < 1.29 is 9.59 Å². The number of benzene rings is 1. The van der Waals surface area contributed by atoms with E-state index in [4.69, 9.17) is 11.6 Å². The number of carbonyl (C=O) groups is 2. The molecule has 0 aliphatic heterocycles. The SMILES string of the molecule is C[C@@H](NC(=O)CCCNC(=O)c1ccc(Cl)cc1)c1ccncc1. The van der Waals surface area contributed by atoms with Crippen molar-refractivity contribution in [2.75, 3.05) is 6.54 Å². The van der Waals surface area contributed by atoms with E-state index < -0.39 is 0 Å². The number of rotatable bonds is 7. The van der Waals surface area contributed by atoms with Gasteiger partial charge in [0.1, 0.15) is 0 Å². The van der Waals surface area contributed by atoms with Crippen LogP contribution in [-0.4, -0.2) is 23.3 Å². The van der Waals surface area contributed by atoms with Crippen molar-refractivity contribution in [1.82, 2.24) is 15.6 Å². The molecule has 126 valence electrons. The van der Waals surface area contributed by atoms with Crippen molar-refractivity contribution in [2.45, 2.75) is 25.8 Å². The minimum absolute atomic E-state index is 0.0416. The second kappa shape index (κ2) is 9.03. The fraction of sp³-hybridized carbons (Fsp3) is 0.278. The van der Waals surface area contributed by atoms with Crippen LogP contribution in [-0.2, 0) is 4.79 Å². The van der Waals surface area contributed by atoms with Gasteiger partial charge in [-0.3, -0.25) is 14.6 Å². The maximum absolute atomic E-state index is 11.9. The van der Waals surface area contributed by atoms with Crippen LogP contribution in [0.15, 0.2) is 48.8 Å². The highest BCUT2D eigenvalue weighted by Crippen LogP contribution is 2.11. The standard InChI is InChI=1S/C18H20ClN3O2/c1-13(14-8-11-20-12-9-14)22-17(23)3-2-10-21-18(24)15-4-6-16(19)7-5-15/h4-9,11-13H,2-3,10H2,1H3,(H,21,24)(H,22,23)/t13-/m1/s1. The summed E-state index contributed by atoms with van der Waals surface area (Å²) in [5, 5.41) is 6.31. The number of halogens is 1. The molecule has 0 aliphatic rings. The van der Waals surface area contributed by atoms with E-state index in [-0.39, 0.29) is 17.9 Å². The van der Waals surface area contributed by atoms with E-state index in [0.717, 1.165) is 5.56 Å². The number of pyridine rings is 1. The Balaban J connectivity index is 1.67. The largest absolute Gasteiger partial charge is 0.352 e. The lowest BCUT2D eigenvalue weighted by Crippen LogP contribution is -2.29. The number of hydrogen-bond acceptors (Lipinski definition) is 3. The second-order valence-electron chi connectivity index (χ2n) is 5.44. The predicted octanol–water partition coefficient (Wildman–Crippen LogP) is 3.12. The van der Waals surface area contributed by atoms with E-state index in [1.165, 1.54) is 0 Å². The molecule has 0 radical (unpaired) electrons. The first kappa shape index (κ1) is 17.9. The Hall–Kier alpha value is -2.40. The van der Waals surface area contributed by atoms with Crippen LogP contribution >= 0.6 is 11.6 Å². The molecule has 2 amide bonds. The first-order chi connectivity index (χ1) is 11.6. The third-order valence-corrected chi connectivity index (χ3v) is 3.81. The summed E-state index contributed by atoms with van der Waals surface area (Å²) in [6, 6.07) is 10.4. The molecule has 2 rings (SSSR count). The average Bonchev–Trinajstić information content (AvgIpc) is 2.60. The van der Waals surface area contributed by atoms with Crippen LogP contribution in [0.5, 0.6) is 0 Å². The monoisotopic (exact) mass is 345 g/mol. The van der Waals surface area contributed by atoms with Crippen LogP contribution in [0.2, 0.25) is 5.02 Å². The molecule has 2 N–H and O–H groups in total. The highest BCUT2D eigenvalue weighted by atomic mass is 35.5. The number of amides is 2. The van der Waals surface area contributed by atoms with Crippen molar-refractivity contribution in [1.29, 1.82) is 0 Å². The predicted molar refractivity (Wildman–Crippen MR) is 93.8 cm³/mol. The quantitative estimate of drug-likeness (QED) is 0.757. The molecule has 0 fully saturated rings. The van der Waals surface area contributed by atoms with E-state index in [9.17, 15) is 9.59 Å². The van der Waals surface area contributed by atoms with Gasteiger partial charge in [-0.25, -0.2) is 0 Å². The molecule has 2 aromatic rings. The third kappa shape index (κ3) is 5.66. The second-order valence-corrected chi connectivity index (χ2v) is 5.87. The maximum Gasteiger partial charge on any atom is 0.251 e. The van der Waals surface area contributed by atoms with Gasteiger partial charge in [0.2, 0.25) is 5.91 Å². The van der Waals surface area contributed by atoms with Gasteiger partial charge in [0, 0.05) is 35.9 Å². The summed E-state index contributed by atoms with van der Waals surface area (Å²) in [5.41, 5.74) is 1.56. The lowest BCUT2D eigenvalue weighted by molar-refractivity contribution is -0.121. The molecular formula is C18H20ClN3O2. The van der Waals surface area contributed by atoms with Crippen LogP contribution in [0.3, 0.4) is 0 Å². The van der Waals surface area contributed by atoms with E-state index in [0.29, 0.717) is 30.0 Å². The van der Waals surface area contributed by atoms with Crippen molar-refractivity contribution in [3.05, 3.63) is 64.9 Å². The molecule has 0 unspecified atom stereocenters. The molecule has 1 atom stereocenters.